The van der Waals surface area contributed by atoms with E-state index < -0.39 is 11.8 Å². The molecule has 1 aromatic carbocycles. The molecule has 0 aliphatic carbocycles. The zero-order chi connectivity index (χ0) is 7.56. The van der Waals surface area contributed by atoms with Crippen LogP contribution < -0.4 is 29.6 Å². The van der Waals surface area contributed by atoms with E-state index in [2.05, 4.69) is 0 Å². The second-order valence-corrected chi connectivity index (χ2v) is 1.82. The minimum Gasteiger partial charge on any atom is -1.00 e. The van der Waals surface area contributed by atoms with Crippen molar-refractivity contribution < 1.29 is 45.3 Å². The summed E-state index contributed by atoms with van der Waals surface area (Å²) in [5.41, 5.74) is -0.0278. The number of carbonyl (C=O) groups is 1. The predicted octanol–water partition coefficient (Wildman–Crippen LogP) is -1.36. The number of hydrogen-bond donors (Lipinski definition) is 1. The molecule has 0 amide bonds. The molecule has 0 unspecified atom stereocenters. The van der Waals surface area contributed by atoms with Gasteiger partial charge in [-0.3, -0.25) is 0 Å². The summed E-state index contributed by atoms with van der Waals surface area (Å²) in [5, 5.41) is 8.34. The quantitative estimate of drug-likeness (QED) is 0.520. The molecule has 1 N–H and O–H groups in total. The average Bonchev–Trinajstić information content (AvgIpc) is 1.88. The summed E-state index contributed by atoms with van der Waals surface area (Å²) in [6.45, 7) is 0. The fourth-order valence-corrected chi connectivity index (χ4v) is 0.622. The third-order valence-electron chi connectivity index (χ3n) is 1.07. The van der Waals surface area contributed by atoms with E-state index in [0.29, 0.717) is 0 Å². The van der Waals surface area contributed by atoms with Crippen molar-refractivity contribution in [2.75, 3.05) is 0 Å². The summed E-state index contributed by atoms with van der Waals surface area (Å²) >= 11 is 0. The molecule has 0 bridgehead atoms. The maximum atomic E-state index is 12.3. The Morgan fingerprint density at radius 3 is 2.55 bits per heavy atom. The second kappa shape index (κ2) is 4.49. The van der Waals surface area contributed by atoms with Crippen LogP contribution in [0.5, 0.6) is 0 Å². The van der Waals surface area contributed by atoms with E-state index in [4.69, 9.17) is 5.11 Å². The number of rotatable bonds is 1. The Morgan fingerprint density at radius 1 is 1.55 bits per heavy atom. The van der Waals surface area contributed by atoms with Gasteiger partial charge in [-0.15, -0.1) is 0 Å². The fourth-order valence-electron chi connectivity index (χ4n) is 0.622. The zero-order valence-electron chi connectivity index (χ0n) is 7.04. The third-order valence-corrected chi connectivity index (χ3v) is 1.07. The monoisotopic (exact) mass is 164 g/mol. The molecule has 0 heterocycles. The van der Waals surface area contributed by atoms with Gasteiger partial charge in [0.25, 0.3) is 0 Å². The average molecular weight is 164 g/mol. The number of benzene rings is 1. The second-order valence-electron chi connectivity index (χ2n) is 1.82. The van der Waals surface area contributed by atoms with Gasteiger partial charge in [-0.2, -0.15) is 0 Å². The van der Waals surface area contributed by atoms with E-state index in [1.54, 1.807) is 0 Å². The van der Waals surface area contributed by atoms with Crippen molar-refractivity contribution in [3.8, 4) is 0 Å². The Labute approximate surface area is 86.8 Å². The zero-order valence-corrected chi connectivity index (χ0v) is 8.04. The molecule has 0 spiro atoms. The molecule has 0 saturated heterocycles. The number of hydrogen-bond acceptors (Lipinski definition) is 1. The summed E-state index contributed by atoms with van der Waals surface area (Å²) in [4.78, 5) is 10.2. The molecule has 0 saturated carbocycles. The molecule has 54 valence electrons. The number of carboxylic acid groups (broad SMARTS) is 1. The number of aromatic carboxylic acids is 1. The summed E-state index contributed by atoms with van der Waals surface area (Å²) in [5.74, 6) is -1.64. The first-order valence-electron chi connectivity index (χ1n) is 2.69. The molecule has 4 heteroatoms. The molecule has 0 aliphatic rings. The van der Waals surface area contributed by atoms with Gasteiger partial charge in [0.2, 0.25) is 0 Å². The first kappa shape index (κ1) is 10.6. The minimum absolute atomic E-state index is 0. The van der Waals surface area contributed by atoms with Crippen LogP contribution >= 0.6 is 0 Å². The Balaban J connectivity index is 0. The number of carboxylic acids is 1. The van der Waals surface area contributed by atoms with Crippen molar-refractivity contribution in [1.29, 1.82) is 0 Å². The van der Waals surface area contributed by atoms with Gasteiger partial charge in [-0.25, -0.2) is 9.18 Å². The van der Waals surface area contributed by atoms with Crippen LogP contribution in [0.3, 0.4) is 0 Å². The van der Waals surface area contributed by atoms with Crippen molar-refractivity contribution in [3.05, 3.63) is 35.6 Å². The molecule has 0 fully saturated rings. The molecular weight excluding hydrogens is 158 g/mol. The molecule has 0 aliphatic heterocycles. The Bertz CT molecular complexity index is 267. The van der Waals surface area contributed by atoms with Crippen LogP contribution in [0.15, 0.2) is 24.3 Å². The van der Waals surface area contributed by atoms with E-state index in [1.165, 1.54) is 18.2 Å². The van der Waals surface area contributed by atoms with Crippen LogP contribution in [0.4, 0.5) is 4.39 Å². The van der Waals surface area contributed by atoms with E-state index in [1.807, 2.05) is 0 Å². The van der Waals surface area contributed by atoms with Gasteiger partial charge in [0.15, 0.2) is 0 Å². The Kier molecular flexibility index (Phi) is 4.33. The molecule has 0 aromatic heterocycles. The van der Waals surface area contributed by atoms with Crippen LogP contribution in [0.25, 0.3) is 0 Å². The van der Waals surface area contributed by atoms with E-state index in [9.17, 15) is 9.18 Å². The summed E-state index contributed by atoms with van der Waals surface area (Å²) in [7, 11) is 0. The standard InChI is InChI=1S/C7H5FO2.Na.H/c8-6-3-1-2-5(4-6)7(9)10;;/h1-4H,(H,9,10);;/q;+1;-1. The topological polar surface area (TPSA) is 37.3 Å². The van der Waals surface area contributed by atoms with Crippen molar-refractivity contribution in [2.45, 2.75) is 0 Å². The van der Waals surface area contributed by atoms with Crippen molar-refractivity contribution in [3.63, 3.8) is 0 Å². The van der Waals surface area contributed by atoms with E-state index >= 15 is 0 Å². The van der Waals surface area contributed by atoms with Crippen LogP contribution in [0.1, 0.15) is 11.8 Å². The summed E-state index contributed by atoms with van der Waals surface area (Å²) in [6, 6.07) is 4.87. The van der Waals surface area contributed by atoms with Crippen molar-refractivity contribution in [1.82, 2.24) is 0 Å². The van der Waals surface area contributed by atoms with Gasteiger partial charge >= 0.3 is 35.5 Å². The molecular formula is C7H6FNaO2. The van der Waals surface area contributed by atoms with Gasteiger partial charge in [0, 0.05) is 0 Å². The third kappa shape index (κ3) is 3.01. The Morgan fingerprint density at radius 2 is 2.18 bits per heavy atom. The van der Waals surface area contributed by atoms with Crippen molar-refractivity contribution in [2.24, 2.45) is 0 Å². The van der Waals surface area contributed by atoms with Gasteiger partial charge in [0.1, 0.15) is 5.82 Å². The van der Waals surface area contributed by atoms with Gasteiger partial charge in [-0.05, 0) is 18.2 Å². The molecule has 11 heavy (non-hydrogen) atoms. The predicted molar refractivity (Wildman–Crippen MR) is 34.5 cm³/mol. The van der Waals surface area contributed by atoms with Crippen LogP contribution in [-0.2, 0) is 0 Å². The van der Waals surface area contributed by atoms with E-state index in [-0.39, 0.29) is 36.5 Å². The van der Waals surface area contributed by atoms with Crippen LogP contribution in [0.2, 0.25) is 0 Å². The van der Waals surface area contributed by atoms with Crippen LogP contribution in [0, 0.1) is 5.82 Å². The normalized spacial score (nSPS) is 8.45. The minimum atomic E-state index is -1.11. The summed E-state index contributed by atoms with van der Waals surface area (Å²) < 4.78 is 12.3. The molecule has 1 aromatic rings. The van der Waals surface area contributed by atoms with Crippen LogP contribution in [-0.4, -0.2) is 11.1 Å². The van der Waals surface area contributed by atoms with Gasteiger partial charge in [0.05, 0.1) is 5.56 Å². The van der Waals surface area contributed by atoms with Gasteiger partial charge < -0.3 is 6.53 Å². The fraction of sp³-hybridized carbons (Fsp3) is 0. The van der Waals surface area contributed by atoms with Gasteiger partial charge in [-0.1, -0.05) is 6.07 Å². The van der Waals surface area contributed by atoms with E-state index in [0.717, 1.165) is 6.07 Å². The Hall–Kier alpha value is -0.380. The molecule has 0 radical (unpaired) electrons. The maximum absolute atomic E-state index is 12.3. The SMILES string of the molecule is O=C(O)c1cccc(F)c1.[H-].[Na+]. The number of halogens is 1. The first-order valence-corrected chi connectivity index (χ1v) is 2.69. The molecule has 2 nitrogen and oxygen atoms in total. The maximum Gasteiger partial charge on any atom is 1.00 e. The first-order chi connectivity index (χ1) is 4.70. The molecule has 0 atom stereocenters. The smallest absolute Gasteiger partial charge is 1.00 e. The largest absolute Gasteiger partial charge is 1.00 e. The van der Waals surface area contributed by atoms with Crippen molar-refractivity contribution >= 4 is 5.97 Å². The molecule has 1 rings (SSSR count). The summed E-state index contributed by atoms with van der Waals surface area (Å²) in [6.07, 6.45) is 0.